The molecule has 2 saturated heterocycles. The molecule has 0 saturated carbocycles. The van der Waals surface area contributed by atoms with Crippen LogP contribution in [0.2, 0.25) is 0 Å². The molecule has 0 bridgehead atoms. The molecule has 2 unspecified atom stereocenters. The predicted octanol–water partition coefficient (Wildman–Crippen LogP) is 1.75. The quantitative estimate of drug-likeness (QED) is 0.920. The number of aliphatic carboxylic acids is 1. The number of carboxylic acid groups (broad SMARTS) is 1. The van der Waals surface area contributed by atoms with Gasteiger partial charge in [0, 0.05) is 25.1 Å². The molecule has 1 aromatic carbocycles. The molecule has 2 aliphatic heterocycles. The van der Waals surface area contributed by atoms with Gasteiger partial charge < -0.3 is 19.5 Å². The topological polar surface area (TPSA) is 76.1 Å². The van der Waals surface area contributed by atoms with E-state index in [1.807, 2.05) is 30.3 Å². The van der Waals surface area contributed by atoms with Crippen LogP contribution < -0.4 is 0 Å². The number of hydrogen-bond acceptors (Lipinski definition) is 4. The molecule has 2 fully saturated rings. The van der Waals surface area contributed by atoms with Crippen LogP contribution in [0, 0.1) is 11.3 Å². The van der Waals surface area contributed by atoms with Crippen LogP contribution in [0.3, 0.4) is 0 Å². The standard InChI is InChI=1S/C16H19NO5/c18-14(19)13-8-17(10-16(13)6-7-21-11-16)15(20)22-9-12-4-2-1-3-5-12/h1-5,13H,6-11H2,(H,18,19). The van der Waals surface area contributed by atoms with E-state index >= 15 is 0 Å². The van der Waals surface area contributed by atoms with Crippen LogP contribution in [0.5, 0.6) is 0 Å². The van der Waals surface area contributed by atoms with Crippen LogP contribution in [-0.4, -0.2) is 48.4 Å². The average molecular weight is 305 g/mol. The summed E-state index contributed by atoms with van der Waals surface area (Å²) in [5.74, 6) is -1.46. The van der Waals surface area contributed by atoms with E-state index in [1.165, 1.54) is 4.90 Å². The van der Waals surface area contributed by atoms with Crippen LogP contribution in [0.15, 0.2) is 30.3 Å². The summed E-state index contributed by atoms with van der Waals surface area (Å²) in [5.41, 5.74) is 0.446. The molecule has 2 atom stereocenters. The zero-order chi connectivity index (χ0) is 15.6. The number of carboxylic acids is 1. The van der Waals surface area contributed by atoms with Gasteiger partial charge in [-0.15, -0.1) is 0 Å². The SMILES string of the molecule is O=C(O)C1CN(C(=O)OCc2ccccc2)CC12CCOC2. The number of carbonyl (C=O) groups is 2. The molecule has 6 heteroatoms. The lowest BCUT2D eigenvalue weighted by Crippen LogP contribution is -2.35. The minimum absolute atomic E-state index is 0.187. The molecule has 1 spiro atoms. The molecule has 6 nitrogen and oxygen atoms in total. The van der Waals surface area contributed by atoms with Gasteiger partial charge in [-0.3, -0.25) is 4.79 Å². The number of carbonyl (C=O) groups excluding carboxylic acids is 1. The van der Waals surface area contributed by atoms with Crippen molar-refractivity contribution in [3.8, 4) is 0 Å². The normalized spacial score (nSPS) is 27.3. The van der Waals surface area contributed by atoms with E-state index in [1.54, 1.807) is 0 Å². The number of rotatable bonds is 3. The average Bonchev–Trinajstić information content (AvgIpc) is 3.14. The van der Waals surface area contributed by atoms with Crippen molar-refractivity contribution in [2.24, 2.45) is 11.3 Å². The highest BCUT2D eigenvalue weighted by atomic mass is 16.6. The predicted molar refractivity (Wildman–Crippen MR) is 77.2 cm³/mol. The van der Waals surface area contributed by atoms with Crippen molar-refractivity contribution in [1.82, 2.24) is 4.90 Å². The van der Waals surface area contributed by atoms with Gasteiger partial charge in [-0.25, -0.2) is 4.79 Å². The number of amides is 1. The summed E-state index contributed by atoms with van der Waals surface area (Å²) in [6.07, 6.45) is 0.214. The highest BCUT2D eigenvalue weighted by molar-refractivity contribution is 5.75. The van der Waals surface area contributed by atoms with Crippen LogP contribution in [-0.2, 0) is 20.9 Å². The summed E-state index contributed by atoms with van der Waals surface area (Å²) in [7, 11) is 0. The Kier molecular flexibility index (Phi) is 4.02. The first-order valence-corrected chi connectivity index (χ1v) is 7.37. The summed E-state index contributed by atoms with van der Waals surface area (Å²) < 4.78 is 10.7. The van der Waals surface area contributed by atoms with Crippen molar-refractivity contribution in [1.29, 1.82) is 0 Å². The van der Waals surface area contributed by atoms with Crippen molar-refractivity contribution in [2.75, 3.05) is 26.3 Å². The molecular weight excluding hydrogens is 286 g/mol. The third kappa shape index (κ3) is 2.78. The monoisotopic (exact) mass is 305 g/mol. The van der Waals surface area contributed by atoms with Crippen molar-refractivity contribution in [3.05, 3.63) is 35.9 Å². The Morgan fingerprint density at radius 2 is 2.14 bits per heavy atom. The Hall–Kier alpha value is -2.08. The lowest BCUT2D eigenvalue weighted by atomic mass is 9.77. The molecule has 0 radical (unpaired) electrons. The summed E-state index contributed by atoms with van der Waals surface area (Å²) in [6.45, 7) is 1.71. The number of nitrogens with zero attached hydrogens (tertiary/aromatic N) is 1. The molecule has 1 aromatic rings. The van der Waals surface area contributed by atoms with Gasteiger partial charge in [0.15, 0.2) is 0 Å². The zero-order valence-electron chi connectivity index (χ0n) is 12.2. The summed E-state index contributed by atoms with van der Waals surface area (Å²) in [6, 6.07) is 9.41. The number of hydrogen-bond donors (Lipinski definition) is 1. The zero-order valence-corrected chi connectivity index (χ0v) is 12.2. The molecule has 3 rings (SSSR count). The summed E-state index contributed by atoms with van der Waals surface area (Å²) in [5, 5.41) is 9.41. The Labute approximate surface area is 128 Å². The van der Waals surface area contributed by atoms with Crippen LogP contribution in [0.1, 0.15) is 12.0 Å². The highest BCUT2D eigenvalue weighted by Gasteiger charge is 2.53. The molecule has 0 aromatic heterocycles. The Morgan fingerprint density at radius 1 is 1.36 bits per heavy atom. The summed E-state index contributed by atoms with van der Waals surface area (Å²) in [4.78, 5) is 25.2. The first-order valence-electron chi connectivity index (χ1n) is 7.37. The first kappa shape index (κ1) is 14.8. The lowest BCUT2D eigenvalue weighted by molar-refractivity contribution is -0.144. The van der Waals surface area contributed by atoms with Crippen molar-refractivity contribution in [2.45, 2.75) is 13.0 Å². The van der Waals surface area contributed by atoms with Gasteiger partial charge in [-0.05, 0) is 12.0 Å². The fourth-order valence-corrected chi connectivity index (χ4v) is 3.28. The lowest BCUT2D eigenvalue weighted by Gasteiger charge is -2.24. The Morgan fingerprint density at radius 3 is 2.77 bits per heavy atom. The molecule has 0 aliphatic carbocycles. The van der Waals surface area contributed by atoms with Gasteiger partial charge in [0.05, 0.1) is 12.5 Å². The Bertz CT molecular complexity index is 553. The van der Waals surface area contributed by atoms with Crippen LogP contribution in [0.25, 0.3) is 0 Å². The molecule has 2 heterocycles. The summed E-state index contributed by atoms with van der Waals surface area (Å²) >= 11 is 0. The van der Waals surface area contributed by atoms with E-state index in [-0.39, 0.29) is 13.2 Å². The van der Waals surface area contributed by atoms with E-state index in [2.05, 4.69) is 0 Å². The maximum atomic E-state index is 12.2. The molecule has 118 valence electrons. The van der Waals surface area contributed by atoms with E-state index in [0.29, 0.717) is 26.2 Å². The van der Waals surface area contributed by atoms with Crippen LogP contribution in [0.4, 0.5) is 4.79 Å². The molecule has 1 amide bonds. The third-order valence-corrected chi connectivity index (χ3v) is 4.54. The third-order valence-electron chi connectivity index (χ3n) is 4.54. The van der Waals surface area contributed by atoms with E-state index in [0.717, 1.165) is 5.56 Å². The van der Waals surface area contributed by atoms with Crippen LogP contribution >= 0.6 is 0 Å². The van der Waals surface area contributed by atoms with Gasteiger partial charge in [0.2, 0.25) is 0 Å². The fourth-order valence-electron chi connectivity index (χ4n) is 3.28. The Balaban J connectivity index is 1.63. The molecule has 1 N–H and O–H groups in total. The largest absolute Gasteiger partial charge is 0.481 e. The van der Waals surface area contributed by atoms with E-state index in [4.69, 9.17) is 9.47 Å². The second kappa shape index (κ2) is 5.96. The second-order valence-corrected chi connectivity index (χ2v) is 5.98. The van der Waals surface area contributed by atoms with Gasteiger partial charge >= 0.3 is 12.1 Å². The minimum atomic E-state index is -0.871. The van der Waals surface area contributed by atoms with Gasteiger partial charge in [0.25, 0.3) is 0 Å². The molecule has 22 heavy (non-hydrogen) atoms. The maximum absolute atomic E-state index is 12.2. The van der Waals surface area contributed by atoms with Gasteiger partial charge in [-0.2, -0.15) is 0 Å². The fraction of sp³-hybridized carbons (Fsp3) is 0.500. The first-order chi connectivity index (χ1) is 10.6. The second-order valence-electron chi connectivity index (χ2n) is 5.98. The molecular formula is C16H19NO5. The smallest absolute Gasteiger partial charge is 0.410 e. The van der Waals surface area contributed by atoms with Crippen molar-refractivity contribution < 1.29 is 24.2 Å². The number of ether oxygens (including phenoxy) is 2. The van der Waals surface area contributed by atoms with Crippen molar-refractivity contribution in [3.63, 3.8) is 0 Å². The van der Waals surface area contributed by atoms with Gasteiger partial charge in [-0.1, -0.05) is 30.3 Å². The number of benzene rings is 1. The maximum Gasteiger partial charge on any atom is 0.410 e. The highest BCUT2D eigenvalue weighted by Crippen LogP contribution is 2.43. The number of likely N-dealkylation sites (tertiary alicyclic amines) is 1. The van der Waals surface area contributed by atoms with E-state index in [9.17, 15) is 14.7 Å². The van der Waals surface area contributed by atoms with Gasteiger partial charge in [0.1, 0.15) is 6.61 Å². The van der Waals surface area contributed by atoms with Crippen molar-refractivity contribution >= 4 is 12.1 Å². The molecule has 2 aliphatic rings. The van der Waals surface area contributed by atoms with E-state index < -0.39 is 23.4 Å². The minimum Gasteiger partial charge on any atom is -0.481 e.